The molecule has 1 aromatic heterocycles. The van der Waals surface area contributed by atoms with E-state index in [1.54, 1.807) is 11.9 Å². The van der Waals surface area contributed by atoms with Crippen LogP contribution in [0.25, 0.3) is 0 Å². The fraction of sp³-hybridized carbons (Fsp3) is 0.750. The zero-order chi connectivity index (χ0) is 13.8. The molecule has 1 aliphatic rings. The van der Waals surface area contributed by atoms with Crippen molar-refractivity contribution in [2.24, 2.45) is 0 Å². The van der Waals surface area contributed by atoms with Gasteiger partial charge in [0.2, 0.25) is 11.8 Å². The quantitative estimate of drug-likeness (QED) is 0.746. The molecule has 1 amide bonds. The van der Waals surface area contributed by atoms with Crippen molar-refractivity contribution in [1.82, 2.24) is 20.8 Å². The first kappa shape index (κ1) is 13.8. The van der Waals surface area contributed by atoms with E-state index in [1.165, 1.54) is 0 Å². The number of carbonyl (C=O) groups excluding carboxylic acids is 1. The van der Waals surface area contributed by atoms with Gasteiger partial charge < -0.3 is 20.0 Å². The topological polar surface area (TPSA) is 83.3 Å². The Morgan fingerprint density at radius 3 is 2.89 bits per heavy atom. The lowest BCUT2D eigenvalue weighted by atomic mass is 10.3. The lowest BCUT2D eigenvalue weighted by molar-refractivity contribution is -0.119. The number of nitrogens with one attached hydrogen (secondary N) is 2. The number of nitrogens with zero attached hydrogens (tertiary/aromatic N) is 3. The number of rotatable bonds is 7. The van der Waals surface area contributed by atoms with Crippen LogP contribution in [-0.4, -0.2) is 42.3 Å². The summed E-state index contributed by atoms with van der Waals surface area (Å²) in [5, 5.41) is 14.1. The van der Waals surface area contributed by atoms with E-state index < -0.39 is 0 Å². The molecule has 0 saturated heterocycles. The van der Waals surface area contributed by atoms with Crippen molar-refractivity contribution in [3.63, 3.8) is 0 Å². The van der Waals surface area contributed by atoms with Gasteiger partial charge in [0.25, 0.3) is 0 Å². The minimum absolute atomic E-state index is 0.00974. The predicted molar refractivity (Wildman–Crippen MR) is 70.8 cm³/mol. The molecule has 1 heterocycles. The number of amides is 1. The summed E-state index contributed by atoms with van der Waals surface area (Å²) in [5.41, 5.74) is 0. The molecule has 0 aromatic carbocycles. The van der Waals surface area contributed by atoms with E-state index in [1.807, 2.05) is 13.8 Å². The van der Waals surface area contributed by atoms with Gasteiger partial charge in [-0.1, -0.05) is 12.0 Å². The van der Waals surface area contributed by atoms with Crippen LogP contribution in [0.2, 0.25) is 0 Å². The van der Waals surface area contributed by atoms with Crippen LogP contribution >= 0.6 is 0 Å². The Hall–Kier alpha value is -1.63. The van der Waals surface area contributed by atoms with Crippen LogP contribution in [0.4, 0.5) is 6.01 Å². The van der Waals surface area contributed by atoms with Gasteiger partial charge in [0.1, 0.15) is 6.54 Å². The van der Waals surface area contributed by atoms with Crippen molar-refractivity contribution >= 4 is 11.9 Å². The minimum atomic E-state index is -0.00974. The second kappa shape index (κ2) is 6.01. The lowest BCUT2D eigenvalue weighted by Crippen LogP contribution is -2.36. The fourth-order valence-corrected chi connectivity index (χ4v) is 1.73. The van der Waals surface area contributed by atoms with Crippen LogP contribution in [-0.2, 0) is 4.79 Å². The zero-order valence-corrected chi connectivity index (χ0v) is 11.6. The lowest BCUT2D eigenvalue weighted by Gasteiger charge is -2.13. The number of likely N-dealkylation sites (N-methyl/N-ethyl adjacent to an activating group) is 1. The molecule has 106 valence electrons. The van der Waals surface area contributed by atoms with Crippen molar-refractivity contribution in [2.45, 2.75) is 38.8 Å². The molecule has 7 nitrogen and oxygen atoms in total. The van der Waals surface area contributed by atoms with E-state index in [9.17, 15) is 4.79 Å². The standard InChI is InChI=1S/C12H21N5O2/c1-4-13-8(2)11-15-16-12(19-11)17(3)7-10(18)14-9-5-6-9/h8-9,13H,4-7H2,1-3H3,(H,14,18). The molecule has 0 radical (unpaired) electrons. The van der Waals surface area contributed by atoms with Gasteiger partial charge in [-0.25, -0.2) is 0 Å². The maximum Gasteiger partial charge on any atom is 0.318 e. The van der Waals surface area contributed by atoms with Crippen molar-refractivity contribution in [3.05, 3.63) is 5.89 Å². The molecule has 0 spiro atoms. The molecule has 1 aliphatic carbocycles. The van der Waals surface area contributed by atoms with Gasteiger partial charge in [0, 0.05) is 13.1 Å². The molecule has 1 atom stereocenters. The highest BCUT2D eigenvalue weighted by atomic mass is 16.4. The number of carbonyl (C=O) groups is 1. The Bertz CT molecular complexity index is 430. The molecule has 0 aliphatic heterocycles. The van der Waals surface area contributed by atoms with Crippen molar-refractivity contribution < 1.29 is 9.21 Å². The SMILES string of the molecule is CCNC(C)c1nnc(N(C)CC(=O)NC2CC2)o1. The van der Waals surface area contributed by atoms with Crippen molar-refractivity contribution in [3.8, 4) is 0 Å². The van der Waals surface area contributed by atoms with Crippen LogP contribution in [0.3, 0.4) is 0 Å². The Morgan fingerprint density at radius 2 is 2.26 bits per heavy atom. The summed E-state index contributed by atoms with van der Waals surface area (Å²) in [6.07, 6.45) is 2.17. The summed E-state index contributed by atoms with van der Waals surface area (Å²) in [5.74, 6) is 0.524. The zero-order valence-electron chi connectivity index (χ0n) is 11.6. The summed E-state index contributed by atoms with van der Waals surface area (Å²) in [4.78, 5) is 13.3. The maximum atomic E-state index is 11.7. The Morgan fingerprint density at radius 1 is 1.53 bits per heavy atom. The Labute approximate surface area is 112 Å². The molecule has 0 bridgehead atoms. The van der Waals surface area contributed by atoms with Crippen LogP contribution in [0.5, 0.6) is 0 Å². The van der Waals surface area contributed by atoms with Gasteiger partial charge >= 0.3 is 6.01 Å². The van der Waals surface area contributed by atoms with E-state index in [0.29, 0.717) is 17.9 Å². The summed E-state index contributed by atoms with van der Waals surface area (Å²) < 4.78 is 5.54. The minimum Gasteiger partial charge on any atom is -0.406 e. The largest absolute Gasteiger partial charge is 0.406 e. The molecule has 1 unspecified atom stereocenters. The van der Waals surface area contributed by atoms with Gasteiger partial charge in [-0.2, -0.15) is 0 Å². The third-order valence-corrected chi connectivity index (χ3v) is 2.96. The molecule has 7 heteroatoms. The normalized spacial score (nSPS) is 16.2. The summed E-state index contributed by atoms with van der Waals surface area (Å²) in [6.45, 7) is 5.04. The number of aromatic nitrogens is 2. The first-order chi connectivity index (χ1) is 9.10. The number of hydrogen-bond donors (Lipinski definition) is 2. The highest BCUT2D eigenvalue weighted by Gasteiger charge is 2.24. The number of hydrogen-bond acceptors (Lipinski definition) is 6. The third kappa shape index (κ3) is 3.92. The highest BCUT2D eigenvalue weighted by molar-refractivity contribution is 5.81. The Kier molecular flexibility index (Phi) is 4.36. The van der Waals surface area contributed by atoms with E-state index in [2.05, 4.69) is 20.8 Å². The van der Waals surface area contributed by atoms with Crippen LogP contribution in [0.1, 0.15) is 38.6 Å². The van der Waals surface area contributed by atoms with E-state index in [4.69, 9.17) is 4.42 Å². The smallest absolute Gasteiger partial charge is 0.318 e. The van der Waals surface area contributed by atoms with Crippen LogP contribution < -0.4 is 15.5 Å². The second-order valence-electron chi connectivity index (χ2n) is 4.90. The highest BCUT2D eigenvalue weighted by Crippen LogP contribution is 2.19. The van der Waals surface area contributed by atoms with Crippen molar-refractivity contribution in [2.75, 3.05) is 25.0 Å². The molecule has 2 rings (SSSR count). The summed E-state index contributed by atoms with van der Waals surface area (Å²) in [7, 11) is 1.77. The van der Waals surface area contributed by atoms with Crippen LogP contribution in [0, 0.1) is 0 Å². The molecule has 1 aromatic rings. The molecular formula is C12H21N5O2. The average molecular weight is 267 g/mol. The molecule has 19 heavy (non-hydrogen) atoms. The first-order valence-electron chi connectivity index (χ1n) is 6.67. The predicted octanol–water partition coefficient (Wildman–Crippen LogP) is 0.455. The van der Waals surface area contributed by atoms with E-state index in [0.717, 1.165) is 19.4 Å². The molecular weight excluding hydrogens is 246 g/mol. The first-order valence-corrected chi connectivity index (χ1v) is 6.67. The van der Waals surface area contributed by atoms with Gasteiger partial charge in [-0.05, 0) is 26.3 Å². The van der Waals surface area contributed by atoms with Gasteiger partial charge in [-0.3, -0.25) is 4.79 Å². The maximum absolute atomic E-state index is 11.7. The van der Waals surface area contributed by atoms with Crippen molar-refractivity contribution in [1.29, 1.82) is 0 Å². The third-order valence-electron chi connectivity index (χ3n) is 2.96. The Balaban J connectivity index is 1.87. The molecule has 1 saturated carbocycles. The van der Waals surface area contributed by atoms with E-state index >= 15 is 0 Å². The monoisotopic (exact) mass is 267 g/mol. The molecule has 1 fully saturated rings. The summed E-state index contributed by atoms with van der Waals surface area (Å²) in [6, 6.07) is 0.749. The van der Waals surface area contributed by atoms with Gasteiger partial charge in [0.15, 0.2) is 0 Å². The number of anilines is 1. The molecule has 2 N–H and O–H groups in total. The second-order valence-corrected chi connectivity index (χ2v) is 4.90. The summed E-state index contributed by atoms with van der Waals surface area (Å²) >= 11 is 0. The fourth-order valence-electron chi connectivity index (χ4n) is 1.73. The van der Waals surface area contributed by atoms with Gasteiger partial charge in [-0.15, -0.1) is 5.10 Å². The van der Waals surface area contributed by atoms with Crippen LogP contribution in [0.15, 0.2) is 4.42 Å². The van der Waals surface area contributed by atoms with E-state index in [-0.39, 0.29) is 18.5 Å². The van der Waals surface area contributed by atoms with Gasteiger partial charge in [0.05, 0.1) is 6.04 Å². The average Bonchev–Trinajstić information content (AvgIpc) is 3.02.